The Bertz CT molecular complexity index is 1300. The first kappa shape index (κ1) is 23.7. The van der Waals surface area contributed by atoms with Gasteiger partial charge in [-0.3, -0.25) is 9.48 Å². The summed E-state index contributed by atoms with van der Waals surface area (Å²) in [6, 6.07) is 13.7. The van der Waals surface area contributed by atoms with Crippen LogP contribution in [-0.4, -0.2) is 56.7 Å². The summed E-state index contributed by atoms with van der Waals surface area (Å²) in [5, 5.41) is 4.82. The van der Waals surface area contributed by atoms with Crippen LogP contribution in [0.1, 0.15) is 25.5 Å². The highest BCUT2D eigenvalue weighted by Crippen LogP contribution is 2.29. The van der Waals surface area contributed by atoms with E-state index in [1.807, 2.05) is 47.4 Å². The minimum atomic E-state index is -0.231. The van der Waals surface area contributed by atoms with Gasteiger partial charge in [-0.2, -0.15) is 5.10 Å². The van der Waals surface area contributed by atoms with Gasteiger partial charge in [-0.15, -0.1) is 0 Å². The summed E-state index contributed by atoms with van der Waals surface area (Å²) in [7, 11) is 0. The Hall–Kier alpha value is -4.07. The summed E-state index contributed by atoms with van der Waals surface area (Å²) in [5.41, 5.74) is 4.23. The van der Waals surface area contributed by atoms with Crippen LogP contribution in [0.2, 0.25) is 0 Å². The summed E-state index contributed by atoms with van der Waals surface area (Å²) >= 11 is 0. The molecule has 0 saturated carbocycles. The maximum absolute atomic E-state index is 14.2. The highest BCUT2D eigenvalue weighted by atomic mass is 19.1. The average Bonchev–Trinajstić information content (AvgIpc) is 3.33. The highest BCUT2D eigenvalue weighted by molar-refractivity contribution is 5.78. The van der Waals surface area contributed by atoms with E-state index in [-0.39, 0.29) is 18.3 Å². The van der Waals surface area contributed by atoms with Gasteiger partial charge in [0, 0.05) is 38.6 Å². The van der Waals surface area contributed by atoms with Gasteiger partial charge in [0.1, 0.15) is 12.4 Å². The minimum absolute atomic E-state index is 0.0200. The van der Waals surface area contributed by atoms with E-state index in [9.17, 15) is 9.18 Å². The number of benzene rings is 1. The van der Waals surface area contributed by atoms with Crippen LogP contribution in [0.5, 0.6) is 0 Å². The number of aromatic nitrogens is 4. The van der Waals surface area contributed by atoms with Crippen LogP contribution in [0.15, 0.2) is 84.5 Å². The van der Waals surface area contributed by atoms with Crippen molar-refractivity contribution in [3.05, 3.63) is 90.2 Å². The van der Waals surface area contributed by atoms with Crippen LogP contribution in [0.4, 0.5) is 10.3 Å². The standard InChI is InChI=1S/C28H29FN6O/c1-21-7-5-10-22(11-12-24(21)29)25-19-26(23-8-3-2-4-9-23)35(32-25)20-27(36)33-15-17-34(18-16-33)28-30-13-6-14-31-28/h2-4,6-9,11-14,19H,5,10,15-18,20H2,1H3/b21-7-,22-11-,24-12+. The van der Waals surface area contributed by atoms with Gasteiger partial charge in [0.2, 0.25) is 11.9 Å². The number of hydrogen-bond acceptors (Lipinski definition) is 5. The van der Waals surface area contributed by atoms with Crippen molar-refractivity contribution in [2.75, 3.05) is 31.1 Å². The molecule has 3 heterocycles. The maximum Gasteiger partial charge on any atom is 0.244 e. The zero-order valence-corrected chi connectivity index (χ0v) is 20.3. The number of nitrogens with zero attached hydrogens (tertiary/aromatic N) is 6. The molecular formula is C28H29FN6O. The molecule has 1 saturated heterocycles. The molecule has 5 rings (SSSR count). The number of amides is 1. The normalized spacial score (nSPS) is 20.9. The van der Waals surface area contributed by atoms with Crippen molar-refractivity contribution in [2.24, 2.45) is 0 Å². The van der Waals surface area contributed by atoms with Crippen molar-refractivity contribution in [1.29, 1.82) is 0 Å². The summed E-state index contributed by atoms with van der Waals surface area (Å²) in [6.45, 7) is 4.50. The van der Waals surface area contributed by atoms with Crippen LogP contribution < -0.4 is 4.90 Å². The minimum Gasteiger partial charge on any atom is -0.338 e. The van der Waals surface area contributed by atoms with Crippen LogP contribution >= 0.6 is 0 Å². The number of allylic oxidation sites excluding steroid dienone is 6. The van der Waals surface area contributed by atoms with Gasteiger partial charge >= 0.3 is 0 Å². The van der Waals surface area contributed by atoms with Crippen LogP contribution in [0, 0.1) is 0 Å². The number of piperazine rings is 1. The molecule has 1 aromatic carbocycles. The maximum atomic E-state index is 14.2. The van der Waals surface area contributed by atoms with Crippen molar-refractivity contribution >= 4 is 17.4 Å². The average molecular weight is 485 g/mol. The van der Waals surface area contributed by atoms with Crippen molar-refractivity contribution < 1.29 is 9.18 Å². The quantitative estimate of drug-likeness (QED) is 0.527. The first-order valence-electron chi connectivity index (χ1n) is 12.3. The second-order valence-electron chi connectivity index (χ2n) is 8.99. The highest BCUT2D eigenvalue weighted by Gasteiger charge is 2.24. The van der Waals surface area contributed by atoms with Crippen molar-refractivity contribution in [3.63, 3.8) is 0 Å². The Balaban J connectivity index is 1.36. The summed E-state index contributed by atoms with van der Waals surface area (Å²) in [4.78, 5) is 25.9. The molecule has 7 nitrogen and oxygen atoms in total. The number of carbonyl (C=O) groups excluding carboxylic acids is 1. The number of hydrogen-bond donors (Lipinski definition) is 0. The monoisotopic (exact) mass is 484 g/mol. The lowest BCUT2D eigenvalue weighted by atomic mass is 10.0. The van der Waals surface area contributed by atoms with Gasteiger partial charge in [-0.25, -0.2) is 14.4 Å². The molecule has 0 radical (unpaired) electrons. The first-order valence-corrected chi connectivity index (χ1v) is 12.3. The summed E-state index contributed by atoms with van der Waals surface area (Å²) < 4.78 is 16.0. The van der Waals surface area contributed by atoms with Crippen molar-refractivity contribution in [2.45, 2.75) is 26.3 Å². The third kappa shape index (κ3) is 5.27. The predicted molar refractivity (Wildman–Crippen MR) is 139 cm³/mol. The molecule has 2 aromatic heterocycles. The molecule has 8 heteroatoms. The van der Waals surface area contributed by atoms with Gasteiger partial charge in [0.05, 0.1) is 11.4 Å². The van der Waals surface area contributed by atoms with E-state index in [1.54, 1.807) is 36.1 Å². The third-order valence-electron chi connectivity index (χ3n) is 6.60. The molecule has 1 amide bonds. The van der Waals surface area contributed by atoms with Crippen molar-refractivity contribution in [1.82, 2.24) is 24.6 Å². The molecule has 0 bridgehead atoms. The van der Waals surface area contributed by atoms with E-state index < -0.39 is 0 Å². The molecule has 184 valence electrons. The Labute approximate surface area is 210 Å². The Morgan fingerprint density at radius 1 is 1.00 bits per heavy atom. The molecular weight excluding hydrogens is 455 g/mol. The molecule has 0 N–H and O–H groups in total. The predicted octanol–water partition coefficient (Wildman–Crippen LogP) is 4.67. The molecule has 2 aliphatic rings. The number of anilines is 1. The smallest absolute Gasteiger partial charge is 0.244 e. The van der Waals surface area contributed by atoms with Gasteiger partial charge < -0.3 is 9.80 Å². The van der Waals surface area contributed by atoms with Gasteiger partial charge in [-0.05, 0) is 54.7 Å². The fourth-order valence-corrected chi connectivity index (χ4v) is 4.52. The number of rotatable bonds is 5. The van der Waals surface area contributed by atoms with Gasteiger partial charge in [-0.1, -0.05) is 42.5 Å². The molecule has 3 aromatic rings. The third-order valence-corrected chi connectivity index (χ3v) is 6.60. The Morgan fingerprint density at radius 2 is 1.75 bits per heavy atom. The van der Waals surface area contributed by atoms with E-state index in [0.29, 0.717) is 37.7 Å². The number of halogens is 1. The molecule has 0 spiro atoms. The van der Waals surface area contributed by atoms with Gasteiger partial charge in [0.15, 0.2) is 0 Å². The lowest BCUT2D eigenvalue weighted by Gasteiger charge is -2.34. The zero-order valence-electron chi connectivity index (χ0n) is 20.3. The van der Waals surface area contributed by atoms with Crippen LogP contribution in [0.25, 0.3) is 16.8 Å². The second kappa shape index (κ2) is 10.7. The van der Waals surface area contributed by atoms with Crippen LogP contribution in [0.3, 0.4) is 0 Å². The number of carbonyl (C=O) groups is 1. The van der Waals surface area contributed by atoms with E-state index in [4.69, 9.17) is 5.10 Å². The fourth-order valence-electron chi connectivity index (χ4n) is 4.52. The lowest BCUT2D eigenvalue weighted by Crippen LogP contribution is -2.50. The Morgan fingerprint density at radius 3 is 2.50 bits per heavy atom. The van der Waals surface area contributed by atoms with Crippen molar-refractivity contribution in [3.8, 4) is 11.3 Å². The lowest BCUT2D eigenvalue weighted by molar-refractivity contribution is -0.132. The van der Waals surface area contributed by atoms with E-state index in [1.165, 1.54) is 6.08 Å². The Kier molecular flexibility index (Phi) is 7.02. The molecule has 0 unspecified atom stereocenters. The summed E-state index contributed by atoms with van der Waals surface area (Å²) in [5.74, 6) is 0.479. The molecule has 0 atom stereocenters. The molecule has 1 aliphatic heterocycles. The SMILES string of the molecule is CC1=C/CC/C(c2cc(-c3ccccc3)n(CC(=O)N3CCN(c4ncccn4)CC3)n2)=C/C=C\1F. The largest absolute Gasteiger partial charge is 0.338 e. The summed E-state index contributed by atoms with van der Waals surface area (Å²) in [6.07, 6.45) is 10.2. The van der Waals surface area contributed by atoms with E-state index in [0.717, 1.165) is 35.4 Å². The van der Waals surface area contributed by atoms with Gasteiger partial charge in [0.25, 0.3) is 0 Å². The van der Waals surface area contributed by atoms with E-state index >= 15 is 0 Å². The fraction of sp³-hybridized carbons (Fsp3) is 0.286. The van der Waals surface area contributed by atoms with Crippen LogP contribution in [-0.2, 0) is 11.3 Å². The molecule has 36 heavy (non-hydrogen) atoms. The molecule has 1 aliphatic carbocycles. The topological polar surface area (TPSA) is 67.2 Å². The second-order valence-corrected chi connectivity index (χ2v) is 8.99. The van der Waals surface area contributed by atoms with E-state index in [2.05, 4.69) is 14.9 Å². The molecule has 1 fully saturated rings. The first-order chi connectivity index (χ1) is 17.6. The zero-order chi connectivity index (χ0) is 24.9.